The largest absolute Gasteiger partial charge is 0.392 e. The van der Waals surface area contributed by atoms with Crippen molar-refractivity contribution in [3.63, 3.8) is 0 Å². The zero-order valence-electron chi connectivity index (χ0n) is 10.2. The number of hydrogen-bond acceptors (Lipinski definition) is 5. The molecule has 100 valence electrons. The Morgan fingerprint density at radius 2 is 1.78 bits per heavy atom. The molecule has 0 amide bonds. The Balaban J connectivity index is 2.10. The molecular weight excluding hydrogens is 252 g/mol. The smallest absolute Gasteiger partial charge is 0.156 e. The molecule has 0 saturated heterocycles. The van der Waals surface area contributed by atoms with E-state index in [9.17, 15) is 19.5 Å². The van der Waals surface area contributed by atoms with E-state index in [0.717, 1.165) is 6.42 Å². The van der Waals surface area contributed by atoms with E-state index in [1.165, 1.54) is 0 Å². The summed E-state index contributed by atoms with van der Waals surface area (Å²) in [6.07, 6.45) is 2.11. The van der Waals surface area contributed by atoms with Crippen molar-refractivity contribution < 1.29 is 19.5 Å². The topological polar surface area (TPSA) is 71.4 Å². The number of carbonyl (C=O) groups excluding carboxylic acids is 3. The molecule has 0 aromatic rings. The summed E-state index contributed by atoms with van der Waals surface area (Å²) in [6.45, 7) is 0. The number of aliphatic hydroxyl groups is 1. The highest BCUT2D eigenvalue weighted by molar-refractivity contribution is 7.80. The van der Waals surface area contributed by atoms with Gasteiger partial charge in [-0.25, -0.2) is 0 Å². The molecule has 2 rings (SSSR count). The summed E-state index contributed by atoms with van der Waals surface area (Å²) >= 11 is 4.29. The number of ketones is 3. The molecule has 18 heavy (non-hydrogen) atoms. The summed E-state index contributed by atoms with van der Waals surface area (Å²) in [7, 11) is 0. The van der Waals surface area contributed by atoms with Crippen LogP contribution in [0, 0.1) is 11.8 Å². The minimum atomic E-state index is -1.10. The molecule has 5 heteroatoms. The van der Waals surface area contributed by atoms with Crippen LogP contribution in [0.3, 0.4) is 0 Å². The molecule has 0 aliphatic heterocycles. The summed E-state index contributed by atoms with van der Waals surface area (Å²) in [6, 6.07) is 0. The lowest BCUT2D eigenvalue weighted by Crippen LogP contribution is -2.44. The molecular formula is C13H18O4S. The van der Waals surface area contributed by atoms with Gasteiger partial charge in [-0.05, 0) is 25.7 Å². The molecule has 3 atom stereocenters. The first kappa shape index (κ1) is 13.7. The molecule has 2 fully saturated rings. The second-order valence-corrected chi connectivity index (χ2v) is 5.99. The summed E-state index contributed by atoms with van der Waals surface area (Å²) in [5.74, 6) is -2.57. The third kappa shape index (κ3) is 2.67. The number of rotatable bonds is 2. The highest BCUT2D eigenvalue weighted by atomic mass is 32.1. The summed E-state index contributed by atoms with van der Waals surface area (Å²) < 4.78 is 0. The highest BCUT2D eigenvalue weighted by Crippen LogP contribution is 2.32. The van der Waals surface area contributed by atoms with E-state index in [0.29, 0.717) is 32.1 Å². The van der Waals surface area contributed by atoms with E-state index in [4.69, 9.17) is 0 Å². The lowest BCUT2D eigenvalue weighted by atomic mass is 9.74. The van der Waals surface area contributed by atoms with Crippen LogP contribution in [0.15, 0.2) is 0 Å². The first-order valence-electron chi connectivity index (χ1n) is 6.46. The van der Waals surface area contributed by atoms with Crippen LogP contribution in [0.4, 0.5) is 0 Å². The van der Waals surface area contributed by atoms with Gasteiger partial charge in [0.25, 0.3) is 0 Å². The van der Waals surface area contributed by atoms with E-state index < -0.39 is 17.9 Å². The fourth-order valence-corrected chi connectivity index (χ4v) is 3.26. The zero-order chi connectivity index (χ0) is 13.3. The first-order valence-corrected chi connectivity index (χ1v) is 6.97. The van der Waals surface area contributed by atoms with E-state index in [1.54, 1.807) is 0 Å². The summed E-state index contributed by atoms with van der Waals surface area (Å²) in [5.41, 5.74) is 0. The van der Waals surface area contributed by atoms with Gasteiger partial charge in [0.05, 0.1) is 6.10 Å². The van der Waals surface area contributed by atoms with Gasteiger partial charge < -0.3 is 5.11 Å². The molecule has 0 radical (unpaired) electrons. The number of Topliss-reactive ketones (excluding diaryl/α,β-unsaturated/α-hetero) is 3. The average Bonchev–Trinajstić information content (AvgIpc) is 2.28. The molecule has 2 aliphatic carbocycles. The fourth-order valence-electron chi connectivity index (χ4n) is 2.89. The Morgan fingerprint density at radius 3 is 2.33 bits per heavy atom. The molecule has 0 bridgehead atoms. The molecule has 0 spiro atoms. The number of hydrogen-bond donors (Lipinski definition) is 2. The molecule has 0 heterocycles. The second-order valence-electron chi connectivity index (χ2n) is 5.26. The van der Waals surface area contributed by atoms with Crippen molar-refractivity contribution >= 4 is 30.0 Å². The van der Waals surface area contributed by atoms with Crippen LogP contribution in [0.2, 0.25) is 0 Å². The SMILES string of the molecule is O=C1CCCC(=O)C1C(=O)C1CCC(S)CC1O. The van der Waals surface area contributed by atoms with Crippen LogP contribution in [-0.2, 0) is 14.4 Å². The van der Waals surface area contributed by atoms with Crippen molar-refractivity contribution in [2.75, 3.05) is 0 Å². The maximum atomic E-state index is 12.3. The van der Waals surface area contributed by atoms with Gasteiger partial charge in [-0.1, -0.05) is 0 Å². The van der Waals surface area contributed by atoms with Gasteiger partial charge in [0.2, 0.25) is 0 Å². The number of carbonyl (C=O) groups is 3. The Morgan fingerprint density at radius 1 is 1.17 bits per heavy atom. The summed E-state index contributed by atoms with van der Waals surface area (Å²) in [5, 5.41) is 10.0. The lowest BCUT2D eigenvalue weighted by Gasteiger charge is -2.32. The molecule has 0 aromatic carbocycles. The third-order valence-corrected chi connectivity index (χ3v) is 4.40. The van der Waals surface area contributed by atoms with Gasteiger partial charge in [0.1, 0.15) is 5.92 Å². The van der Waals surface area contributed by atoms with Gasteiger partial charge in [0.15, 0.2) is 17.3 Å². The quantitative estimate of drug-likeness (QED) is 0.579. The van der Waals surface area contributed by atoms with Crippen LogP contribution >= 0.6 is 12.6 Å². The monoisotopic (exact) mass is 270 g/mol. The Kier molecular flexibility index (Phi) is 4.22. The van der Waals surface area contributed by atoms with Gasteiger partial charge >= 0.3 is 0 Å². The fraction of sp³-hybridized carbons (Fsp3) is 0.769. The number of aliphatic hydroxyl groups excluding tert-OH is 1. The van der Waals surface area contributed by atoms with Crippen LogP contribution in [-0.4, -0.2) is 33.8 Å². The Labute approximate surface area is 112 Å². The van der Waals surface area contributed by atoms with E-state index >= 15 is 0 Å². The van der Waals surface area contributed by atoms with Crippen LogP contribution in [0.5, 0.6) is 0 Å². The Hall–Kier alpha value is -0.680. The molecule has 2 saturated carbocycles. The second kappa shape index (κ2) is 5.53. The maximum absolute atomic E-state index is 12.3. The predicted octanol–water partition coefficient (Wildman–Crippen LogP) is 0.953. The lowest BCUT2D eigenvalue weighted by molar-refractivity contribution is -0.145. The maximum Gasteiger partial charge on any atom is 0.156 e. The molecule has 3 unspecified atom stereocenters. The summed E-state index contributed by atoms with van der Waals surface area (Å²) in [4.78, 5) is 35.7. The van der Waals surface area contributed by atoms with Crippen molar-refractivity contribution in [3.05, 3.63) is 0 Å². The molecule has 0 aromatic heterocycles. The first-order chi connectivity index (χ1) is 8.50. The molecule has 4 nitrogen and oxygen atoms in total. The zero-order valence-corrected chi connectivity index (χ0v) is 11.1. The molecule has 2 aliphatic rings. The van der Waals surface area contributed by atoms with Crippen LogP contribution in [0.25, 0.3) is 0 Å². The standard InChI is InChI=1S/C13H18O4S/c14-9-2-1-3-10(15)12(9)13(17)8-5-4-7(18)6-11(8)16/h7-8,11-12,16,18H,1-6H2. The Bertz CT molecular complexity index is 363. The van der Waals surface area contributed by atoms with Crippen molar-refractivity contribution in [2.24, 2.45) is 11.8 Å². The molecule has 1 N–H and O–H groups in total. The normalized spacial score (nSPS) is 34.7. The van der Waals surface area contributed by atoms with Gasteiger partial charge in [-0.2, -0.15) is 12.6 Å². The van der Waals surface area contributed by atoms with Crippen LogP contribution < -0.4 is 0 Å². The minimum absolute atomic E-state index is 0.0989. The van der Waals surface area contributed by atoms with Crippen molar-refractivity contribution in [3.8, 4) is 0 Å². The van der Waals surface area contributed by atoms with Crippen molar-refractivity contribution in [1.82, 2.24) is 0 Å². The minimum Gasteiger partial charge on any atom is -0.392 e. The van der Waals surface area contributed by atoms with Gasteiger partial charge in [-0.15, -0.1) is 0 Å². The van der Waals surface area contributed by atoms with Crippen LogP contribution in [0.1, 0.15) is 38.5 Å². The van der Waals surface area contributed by atoms with Gasteiger partial charge in [0, 0.05) is 24.0 Å². The number of thiol groups is 1. The van der Waals surface area contributed by atoms with Crippen molar-refractivity contribution in [2.45, 2.75) is 49.9 Å². The third-order valence-electron chi connectivity index (χ3n) is 3.93. The highest BCUT2D eigenvalue weighted by Gasteiger charge is 2.42. The predicted molar refractivity (Wildman–Crippen MR) is 68.5 cm³/mol. The van der Waals surface area contributed by atoms with E-state index in [-0.39, 0.29) is 22.6 Å². The van der Waals surface area contributed by atoms with E-state index in [1.807, 2.05) is 0 Å². The average molecular weight is 270 g/mol. The van der Waals surface area contributed by atoms with Gasteiger partial charge in [-0.3, -0.25) is 14.4 Å². The van der Waals surface area contributed by atoms with Crippen molar-refractivity contribution in [1.29, 1.82) is 0 Å². The van der Waals surface area contributed by atoms with E-state index in [2.05, 4.69) is 12.6 Å².